The molecule has 0 spiro atoms. The van der Waals surface area contributed by atoms with Gasteiger partial charge in [-0.3, -0.25) is 14.8 Å². The third-order valence-corrected chi connectivity index (χ3v) is 6.29. The topological polar surface area (TPSA) is 115 Å². The Hall–Kier alpha value is -3.62. The van der Waals surface area contributed by atoms with Crippen LogP contribution in [0.1, 0.15) is 29.3 Å². The molecule has 3 aromatic rings. The molecule has 4 rings (SSSR count). The SMILES string of the molecule is C[N+]1(C(C(N)=O)c2cnccn2)CCC(OC(=O)C(O)(c2ccccc2)c2ccccc2)C1. The molecule has 1 amide bonds. The second kappa shape index (κ2) is 9.09. The maximum atomic E-state index is 13.4. The van der Waals surface area contributed by atoms with Gasteiger partial charge in [0.15, 0.2) is 6.10 Å². The van der Waals surface area contributed by atoms with Gasteiger partial charge in [-0.25, -0.2) is 4.79 Å². The fourth-order valence-corrected chi connectivity index (χ4v) is 4.64. The van der Waals surface area contributed by atoms with E-state index < -0.39 is 29.6 Å². The molecule has 3 atom stereocenters. The highest BCUT2D eigenvalue weighted by Crippen LogP contribution is 2.35. The predicted molar refractivity (Wildman–Crippen MR) is 120 cm³/mol. The molecule has 0 aliphatic carbocycles. The molecule has 8 nitrogen and oxygen atoms in total. The molecule has 1 aromatic heterocycles. The molecule has 0 radical (unpaired) electrons. The molecular weight excluding hydrogens is 420 g/mol. The van der Waals surface area contributed by atoms with E-state index in [2.05, 4.69) is 9.97 Å². The summed E-state index contributed by atoms with van der Waals surface area (Å²) in [6.45, 7) is 0.910. The largest absolute Gasteiger partial charge is 0.453 e. The Morgan fingerprint density at radius 3 is 2.21 bits per heavy atom. The lowest BCUT2D eigenvalue weighted by molar-refractivity contribution is -0.920. The normalized spacial score (nSPS) is 21.3. The number of nitrogens with two attached hydrogens (primary N) is 1. The predicted octanol–water partition coefficient (Wildman–Crippen LogP) is 1.70. The first-order chi connectivity index (χ1) is 15.8. The number of esters is 1. The summed E-state index contributed by atoms with van der Waals surface area (Å²) in [7, 11) is 1.89. The van der Waals surface area contributed by atoms with Crippen LogP contribution in [-0.4, -0.2) is 57.7 Å². The van der Waals surface area contributed by atoms with Crippen molar-refractivity contribution in [2.45, 2.75) is 24.2 Å². The van der Waals surface area contributed by atoms with Crippen molar-refractivity contribution in [3.63, 3.8) is 0 Å². The molecule has 2 heterocycles. The van der Waals surface area contributed by atoms with Crippen molar-refractivity contribution in [2.75, 3.05) is 20.1 Å². The summed E-state index contributed by atoms with van der Waals surface area (Å²) >= 11 is 0. The van der Waals surface area contributed by atoms with Gasteiger partial charge in [0.05, 0.1) is 19.8 Å². The number of quaternary nitrogens is 1. The van der Waals surface area contributed by atoms with Crippen LogP contribution in [0.15, 0.2) is 79.3 Å². The first-order valence-electron chi connectivity index (χ1n) is 10.8. The summed E-state index contributed by atoms with van der Waals surface area (Å²) in [4.78, 5) is 34.1. The number of hydrogen-bond donors (Lipinski definition) is 2. The molecule has 3 unspecified atom stereocenters. The third-order valence-electron chi connectivity index (χ3n) is 6.29. The minimum absolute atomic E-state index is 0.237. The number of hydrogen-bond acceptors (Lipinski definition) is 6. The number of likely N-dealkylation sites (N-methyl/N-ethyl adjacent to an activating group) is 1. The quantitative estimate of drug-likeness (QED) is 0.421. The van der Waals surface area contributed by atoms with Gasteiger partial charge in [0.1, 0.15) is 12.2 Å². The van der Waals surface area contributed by atoms with Crippen molar-refractivity contribution in [1.29, 1.82) is 0 Å². The first-order valence-corrected chi connectivity index (χ1v) is 10.8. The second-order valence-corrected chi connectivity index (χ2v) is 8.58. The molecule has 1 aliphatic rings. The van der Waals surface area contributed by atoms with E-state index in [9.17, 15) is 14.7 Å². The summed E-state index contributed by atoms with van der Waals surface area (Å²) in [6, 6.07) is 16.7. The molecule has 3 N–H and O–H groups in total. The number of nitrogens with zero attached hydrogens (tertiary/aromatic N) is 3. The van der Waals surface area contributed by atoms with Gasteiger partial charge in [-0.15, -0.1) is 0 Å². The minimum atomic E-state index is -1.96. The van der Waals surface area contributed by atoms with Gasteiger partial charge in [-0.2, -0.15) is 0 Å². The Labute approximate surface area is 192 Å². The summed E-state index contributed by atoms with van der Waals surface area (Å²) in [6.07, 6.45) is 4.60. The van der Waals surface area contributed by atoms with Gasteiger partial charge in [0.2, 0.25) is 11.6 Å². The van der Waals surface area contributed by atoms with Crippen LogP contribution in [0.3, 0.4) is 0 Å². The van der Waals surface area contributed by atoms with Crippen LogP contribution < -0.4 is 5.73 Å². The van der Waals surface area contributed by atoms with E-state index in [1.54, 1.807) is 48.5 Å². The summed E-state index contributed by atoms with van der Waals surface area (Å²) in [5.74, 6) is -1.27. The molecular formula is C25H27N4O4+. The van der Waals surface area contributed by atoms with Crippen LogP contribution in [0.25, 0.3) is 0 Å². The van der Waals surface area contributed by atoms with Crippen molar-refractivity contribution in [2.24, 2.45) is 5.73 Å². The van der Waals surface area contributed by atoms with Crippen LogP contribution in [0.5, 0.6) is 0 Å². The van der Waals surface area contributed by atoms with E-state index in [1.807, 2.05) is 19.2 Å². The summed E-state index contributed by atoms with van der Waals surface area (Å²) in [5.41, 5.74) is 5.10. The zero-order chi connectivity index (χ0) is 23.5. The van der Waals surface area contributed by atoms with Gasteiger partial charge in [0.25, 0.3) is 5.91 Å². The van der Waals surface area contributed by atoms with E-state index in [4.69, 9.17) is 10.5 Å². The highest BCUT2D eigenvalue weighted by Gasteiger charge is 2.49. The fourth-order valence-electron chi connectivity index (χ4n) is 4.64. The van der Waals surface area contributed by atoms with Gasteiger partial charge < -0.3 is 20.1 Å². The third kappa shape index (κ3) is 4.35. The monoisotopic (exact) mass is 447 g/mol. The number of aliphatic hydroxyl groups is 1. The van der Waals surface area contributed by atoms with Crippen molar-refractivity contribution >= 4 is 11.9 Å². The van der Waals surface area contributed by atoms with Crippen LogP contribution >= 0.6 is 0 Å². The maximum absolute atomic E-state index is 13.4. The summed E-state index contributed by atoms with van der Waals surface area (Å²) < 4.78 is 6.09. The molecule has 1 fully saturated rings. The number of carbonyl (C=O) groups is 2. The van der Waals surface area contributed by atoms with Crippen LogP contribution in [0.4, 0.5) is 0 Å². The number of aromatic nitrogens is 2. The smallest absolute Gasteiger partial charge is 0.348 e. The minimum Gasteiger partial charge on any atom is -0.453 e. The van der Waals surface area contributed by atoms with E-state index in [0.717, 1.165) is 0 Å². The Bertz CT molecular complexity index is 1070. The van der Waals surface area contributed by atoms with Crippen molar-refractivity contribution in [1.82, 2.24) is 9.97 Å². The highest BCUT2D eigenvalue weighted by molar-refractivity contribution is 5.85. The van der Waals surface area contributed by atoms with E-state index >= 15 is 0 Å². The fraction of sp³-hybridized carbons (Fsp3) is 0.280. The van der Waals surface area contributed by atoms with Crippen LogP contribution in [-0.2, 0) is 19.9 Å². The standard InChI is InChI=1S/C25H26N4O4/c1-29(22(23(26)30)21-16-27-13-14-28-21)15-12-20(17-29)33-24(31)25(32,18-8-4-2-5-9-18)19-10-6-3-7-11-19/h2-11,13-14,16,20,22,32H,12,15,17H2,1H3,(H-,26,30)/p+1. The van der Waals surface area contributed by atoms with Gasteiger partial charge in [0, 0.05) is 18.8 Å². The lowest BCUT2D eigenvalue weighted by Crippen LogP contribution is -2.51. The highest BCUT2D eigenvalue weighted by atomic mass is 16.6. The lowest BCUT2D eigenvalue weighted by Gasteiger charge is -2.35. The van der Waals surface area contributed by atoms with Gasteiger partial charge >= 0.3 is 5.97 Å². The average molecular weight is 448 g/mol. The number of ether oxygens (including phenoxy) is 1. The van der Waals surface area contributed by atoms with Crippen LogP contribution in [0, 0.1) is 0 Å². The molecule has 0 saturated carbocycles. The number of amides is 1. The molecule has 1 saturated heterocycles. The van der Waals surface area contributed by atoms with Gasteiger partial charge in [-0.05, 0) is 11.1 Å². The number of primary amides is 1. The molecule has 0 bridgehead atoms. The number of rotatable bonds is 7. The maximum Gasteiger partial charge on any atom is 0.348 e. The zero-order valence-corrected chi connectivity index (χ0v) is 18.4. The molecule has 1 aliphatic heterocycles. The van der Waals surface area contributed by atoms with E-state index in [-0.39, 0.29) is 4.48 Å². The zero-order valence-electron chi connectivity index (χ0n) is 18.4. The number of likely N-dealkylation sites (tertiary alicyclic amines) is 1. The van der Waals surface area contributed by atoms with Crippen molar-refractivity contribution in [3.8, 4) is 0 Å². The van der Waals surface area contributed by atoms with Crippen molar-refractivity contribution < 1.29 is 23.9 Å². The molecule has 8 heteroatoms. The van der Waals surface area contributed by atoms with Crippen LogP contribution in [0.2, 0.25) is 0 Å². The Morgan fingerprint density at radius 1 is 1.09 bits per heavy atom. The Balaban J connectivity index is 1.59. The van der Waals surface area contributed by atoms with Gasteiger partial charge in [-0.1, -0.05) is 60.7 Å². The molecule has 2 aromatic carbocycles. The Morgan fingerprint density at radius 2 is 1.70 bits per heavy atom. The first kappa shape index (κ1) is 22.6. The van der Waals surface area contributed by atoms with Crippen molar-refractivity contribution in [3.05, 3.63) is 96.1 Å². The summed E-state index contributed by atoms with van der Waals surface area (Å²) in [5, 5.41) is 11.6. The second-order valence-electron chi connectivity index (χ2n) is 8.58. The number of benzene rings is 2. The van der Waals surface area contributed by atoms with E-state index in [0.29, 0.717) is 36.3 Å². The Kier molecular flexibility index (Phi) is 6.22. The lowest BCUT2D eigenvalue weighted by atomic mass is 9.86. The molecule has 170 valence electrons. The average Bonchev–Trinajstić information content (AvgIpc) is 3.20. The number of carbonyl (C=O) groups excluding carboxylic acids is 2. The van der Waals surface area contributed by atoms with E-state index in [1.165, 1.54) is 18.6 Å². The molecule has 33 heavy (non-hydrogen) atoms.